The maximum atomic E-state index is 13.1. The Morgan fingerprint density at radius 1 is 0.792 bits per heavy atom. The Labute approximate surface area is 145 Å². The lowest BCUT2D eigenvalue weighted by Gasteiger charge is -2.39. The van der Waals surface area contributed by atoms with Crippen LogP contribution in [0.4, 0.5) is 0 Å². The van der Waals surface area contributed by atoms with Gasteiger partial charge in [-0.1, -0.05) is 41.5 Å². The number of carbonyl (C=O) groups excluding carboxylic acids is 1. The highest BCUT2D eigenvalue weighted by atomic mass is 16.6. The topological polar surface area (TPSA) is 59.6 Å². The van der Waals surface area contributed by atoms with Gasteiger partial charge in [-0.2, -0.15) is 0 Å². The Hall–Kier alpha value is -1.65. The van der Waals surface area contributed by atoms with E-state index in [1.54, 1.807) is 0 Å². The van der Waals surface area contributed by atoms with Gasteiger partial charge in [0.25, 0.3) is 5.78 Å². The standard InChI is InChI=1S/C19H32N2O3/c1-11-14(23-18(9,20-11)16(3,4)5)13(22)15-12(2)21-19(10,24-15)17(6,7)8/h20-21H,1-10H3. The van der Waals surface area contributed by atoms with E-state index in [9.17, 15) is 4.79 Å². The molecule has 2 heterocycles. The maximum absolute atomic E-state index is 13.1. The van der Waals surface area contributed by atoms with Gasteiger partial charge in [0.15, 0.2) is 23.0 Å². The van der Waals surface area contributed by atoms with E-state index in [1.807, 2.05) is 27.7 Å². The number of Topliss-reactive ketones (excluding diaryl/α,β-unsaturated/α-hetero) is 1. The molecule has 2 unspecified atom stereocenters. The number of nitrogens with one attached hydrogen (secondary N) is 2. The van der Waals surface area contributed by atoms with Crippen LogP contribution in [0.1, 0.15) is 69.2 Å². The first-order chi connectivity index (χ1) is 10.6. The lowest BCUT2D eigenvalue weighted by atomic mass is 9.84. The second kappa shape index (κ2) is 5.17. The molecule has 2 N–H and O–H groups in total. The molecule has 0 spiro atoms. The van der Waals surface area contributed by atoms with Crippen molar-refractivity contribution in [2.45, 2.75) is 80.7 Å². The van der Waals surface area contributed by atoms with E-state index in [4.69, 9.17) is 9.47 Å². The first-order valence-electron chi connectivity index (χ1n) is 8.52. The third-order valence-corrected chi connectivity index (χ3v) is 5.42. The molecule has 0 amide bonds. The van der Waals surface area contributed by atoms with Gasteiger partial charge in [0.2, 0.25) is 0 Å². The molecule has 2 rings (SSSR count). The Kier molecular flexibility index (Phi) is 4.03. The van der Waals surface area contributed by atoms with Gasteiger partial charge in [-0.25, -0.2) is 0 Å². The zero-order chi connectivity index (χ0) is 18.7. The van der Waals surface area contributed by atoms with Crippen LogP contribution in [-0.2, 0) is 14.3 Å². The van der Waals surface area contributed by atoms with Gasteiger partial charge in [0.1, 0.15) is 0 Å². The zero-order valence-corrected chi connectivity index (χ0v) is 16.7. The number of ketones is 1. The van der Waals surface area contributed by atoms with Crippen LogP contribution in [0.3, 0.4) is 0 Å². The molecule has 136 valence electrons. The minimum absolute atomic E-state index is 0.172. The number of allylic oxidation sites excluding steroid dienone is 2. The molecule has 0 radical (unpaired) electrons. The molecule has 24 heavy (non-hydrogen) atoms. The molecule has 0 saturated heterocycles. The average Bonchev–Trinajstić information content (AvgIpc) is 2.86. The van der Waals surface area contributed by atoms with Crippen LogP contribution < -0.4 is 10.6 Å². The molecule has 0 saturated carbocycles. The van der Waals surface area contributed by atoms with E-state index in [1.165, 1.54) is 0 Å². The number of hydrogen-bond donors (Lipinski definition) is 2. The normalized spacial score (nSPS) is 30.8. The molecule has 0 aliphatic carbocycles. The Balaban J connectivity index is 2.28. The van der Waals surface area contributed by atoms with Crippen LogP contribution in [0.25, 0.3) is 0 Å². The molecular formula is C19H32N2O3. The highest BCUT2D eigenvalue weighted by molar-refractivity contribution is 6.06. The third kappa shape index (κ3) is 2.78. The number of ether oxygens (including phenoxy) is 2. The van der Waals surface area contributed by atoms with E-state index in [2.05, 4.69) is 52.2 Å². The number of hydrogen-bond acceptors (Lipinski definition) is 5. The van der Waals surface area contributed by atoms with Crippen molar-refractivity contribution in [3.63, 3.8) is 0 Å². The van der Waals surface area contributed by atoms with Crippen molar-refractivity contribution in [3.05, 3.63) is 22.9 Å². The molecule has 2 aliphatic rings. The Morgan fingerprint density at radius 3 is 1.29 bits per heavy atom. The minimum Gasteiger partial charge on any atom is -0.462 e. The quantitative estimate of drug-likeness (QED) is 0.803. The van der Waals surface area contributed by atoms with E-state index in [-0.39, 0.29) is 16.6 Å². The second-order valence-electron chi connectivity index (χ2n) is 9.26. The highest BCUT2D eigenvalue weighted by Crippen LogP contribution is 2.42. The highest BCUT2D eigenvalue weighted by Gasteiger charge is 2.50. The van der Waals surface area contributed by atoms with Crippen LogP contribution in [0.15, 0.2) is 22.9 Å². The van der Waals surface area contributed by atoms with Gasteiger partial charge in [-0.05, 0) is 27.7 Å². The first kappa shape index (κ1) is 18.7. The predicted molar refractivity (Wildman–Crippen MR) is 94.6 cm³/mol. The molecule has 5 heteroatoms. The summed E-state index contributed by atoms with van der Waals surface area (Å²) in [6.45, 7) is 20.1. The fourth-order valence-electron chi connectivity index (χ4n) is 2.66. The van der Waals surface area contributed by atoms with Gasteiger partial charge >= 0.3 is 0 Å². The van der Waals surface area contributed by atoms with Crippen molar-refractivity contribution in [1.29, 1.82) is 0 Å². The smallest absolute Gasteiger partial charge is 0.265 e. The lowest BCUT2D eigenvalue weighted by molar-refractivity contribution is -0.130. The summed E-state index contributed by atoms with van der Waals surface area (Å²) >= 11 is 0. The van der Waals surface area contributed by atoms with Crippen LogP contribution in [0.5, 0.6) is 0 Å². The third-order valence-electron chi connectivity index (χ3n) is 5.42. The Bertz CT molecular complexity index is 580. The number of carbonyl (C=O) groups is 1. The summed E-state index contributed by atoms with van der Waals surface area (Å²) in [5.74, 6) is 0.453. The summed E-state index contributed by atoms with van der Waals surface area (Å²) in [4.78, 5) is 13.1. The van der Waals surface area contributed by atoms with E-state index in [0.29, 0.717) is 11.5 Å². The van der Waals surface area contributed by atoms with Crippen molar-refractivity contribution < 1.29 is 14.3 Å². The van der Waals surface area contributed by atoms with Crippen LogP contribution in [-0.4, -0.2) is 17.2 Å². The fourth-order valence-corrected chi connectivity index (χ4v) is 2.66. The molecular weight excluding hydrogens is 304 g/mol. The van der Waals surface area contributed by atoms with Crippen molar-refractivity contribution in [3.8, 4) is 0 Å². The van der Waals surface area contributed by atoms with Crippen LogP contribution >= 0.6 is 0 Å². The van der Waals surface area contributed by atoms with Crippen LogP contribution in [0, 0.1) is 10.8 Å². The SMILES string of the molecule is CC1=C(C(=O)C2=C(C)NC(C)(C(C)(C)C)O2)OC(C)(C(C)(C)C)N1. The summed E-state index contributed by atoms with van der Waals surface area (Å²) in [5, 5.41) is 6.66. The molecule has 0 aromatic carbocycles. The monoisotopic (exact) mass is 336 g/mol. The van der Waals surface area contributed by atoms with Gasteiger partial charge in [0.05, 0.1) is 11.4 Å². The lowest BCUT2D eigenvalue weighted by Crippen LogP contribution is -2.50. The van der Waals surface area contributed by atoms with Gasteiger partial charge in [-0.3, -0.25) is 4.79 Å². The fraction of sp³-hybridized carbons (Fsp3) is 0.737. The molecule has 0 aromatic rings. The van der Waals surface area contributed by atoms with Crippen LogP contribution in [0.2, 0.25) is 0 Å². The molecule has 2 aliphatic heterocycles. The Morgan fingerprint density at radius 2 is 1.08 bits per heavy atom. The number of rotatable bonds is 2. The summed E-state index contributed by atoms with van der Waals surface area (Å²) in [5.41, 5.74) is -0.120. The predicted octanol–water partition coefficient (Wildman–Crippen LogP) is 3.78. The van der Waals surface area contributed by atoms with Crippen molar-refractivity contribution in [1.82, 2.24) is 10.6 Å². The maximum Gasteiger partial charge on any atom is 0.265 e. The molecule has 2 atom stereocenters. The average molecular weight is 336 g/mol. The van der Waals surface area contributed by atoms with Crippen molar-refractivity contribution >= 4 is 5.78 Å². The molecule has 0 fully saturated rings. The second-order valence-corrected chi connectivity index (χ2v) is 9.26. The van der Waals surface area contributed by atoms with E-state index < -0.39 is 11.4 Å². The largest absolute Gasteiger partial charge is 0.462 e. The molecule has 5 nitrogen and oxygen atoms in total. The first-order valence-corrected chi connectivity index (χ1v) is 8.52. The molecule has 0 bridgehead atoms. The van der Waals surface area contributed by atoms with Crippen molar-refractivity contribution in [2.24, 2.45) is 10.8 Å². The summed E-state index contributed by atoms with van der Waals surface area (Å²) in [7, 11) is 0. The van der Waals surface area contributed by atoms with Crippen molar-refractivity contribution in [2.75, 3.05) is 0 Å². The summed E-state index contributed by atoms with van der Waals surface area (Å²) < 4.78 is 12.2. The van der Waals surface area contributed by atoms with E-state index in [0.717, 1.165) is 11.4 Å². The molecule has 0 aromatic heterocycles. The zero-order valence-electron chi connectivity index (χ0n) is 16.7. The van der Waals surface area contributed by atoms with E-state index >= 15 is 0 Å². The van der Waals surface area contributed by atoms with Gasteiger partial charge in [0, 0.05) is 10.8 Å². The summed E-state index contributed by atoms with van der Waals surface area (Å²) in [6, 6.07) is 0. The van der Waals surface area contributed by atoms with Gasteiger partial charge < -0.3 is 20.1 Å². The summed E-state index contributed by atoms with van der Waals surface area (Å²) in [6.07, 6.45) is 0. The van der Waals surface area contributed by atoms with Gasteiger partial charge in [-0.15, -0.1) is 0 Å². The minimum atomic E-state index is -0.629.